The van der Waals surface area contributed by atoms with E-state index in [1.807, 2.05) is 35.8 Å². The Hall–Kier alpha value is -2.65. The molecule has 4 heterocycles. The van der Waals surface area contributed by atoms with Crippen LogP contribution in [0.3, 0.4) is 0 Å². The predicted octanol–water partition coefficient (Wildman–Crippen LogP) is 4.59. The van der Waals surface area contributed by atoms with Gasteiger partial charge in [0.2, 0.25) is 0 Å². The number of nitrogens with one attached hydrogen (secondary N) is 2. The largest absolute Gasteiger partial charge is 0.341 e. The number of thiophene rings is 1. The van der Waals surface area contributed by atoms with Crippen LogP contribution in [-0.2, 0) is 13.0 Å². The maximum Gasteiger partial charge on any atom is 0.262 e. The molecule has 0 radical (unpaired) electrons. The molecule has 0 aliphatic carbocycles. The van der Waals surface area contributed by atoms with Gasteiger partial charge < -0.3 is 10.3 Å². The number of amides is 1. The summed E-state index contributed by atoms with van der Waals surface area (Å²) < 4.78 is 1.81. The first kappa shape index (κ1) is 22.2. The lowest BCUT2D eigenvalue weighted by molar-refractivity contribution is 0.0938. The third kappa shape index (κ3) is 4.19. The number of para-hydroxylation sites is 2. The van der Waals surface area contributed by atoms with Crippen LogP contribution in [-0.4, -0.2) is 37.4 Å². The first-order valence-corrected chi connectivity index (χ1v) is 13.5. The van der Waals surface area contributed by atoms with Crippen molar-refractivity contribution < 1.29 is 4.79 Å². The van der Waals surface area contributed by atoms with E-state index in [1.54, 1.807) is 11.8 Å². The minimum Gasteiger partial charge on any atom is -0.341 e. The van der Waals surface area contributed by atoms with Gasteiger partial charge in [0.05, 0.1) is 27.3 Å². The van der Waals surface area contributed by atoms with Gasteiger partial charge in [-0.25, -0.2) is 9.97 Å². The molecule has 33 heavy (non-hydrogen) atoms. The lowest BCUT2D eigenvalue weighted by atomic mass is 10.1. The van der Waals surface area contributed by atoms with Crippen molar-refractivity contribution in [2.45, 2.75) is 51.6 Å². The molecule has 1 aromatic carbocycles. The number of imidazole rings is 1. The molecule has 7 nitrogen and oxygen atoms in total. The van der Waals surface area contributed by atoms with Crippen LogP contribution in [0.15, 0.2) is 29.1 Å². The molecule has 3 aromatic heterocycles. The Labute approximate surface area is 200 Å². The summed E-state index contributed by atoms with van der Waals surface area (Å²) in [6.45, 7) is 2.56. The smallest absolute Gasteiger partial charge is 0.262 e. The Morgan fingerprint density at radius 3 is 2.94 bits per heavy atom. The minimum atomic E-state index is -0.243. The molecule has 2 N–H and O–H groups in total. The predicted molar refractivity (Wildman–Crippen MR) is 135 cm³/mol. The number of carbonyl (C=O) groups is 1. The average molecular weight is 482 g/mol. The summed E-state index contributed by atoms with van der Waals surface area (Å²) in [7, 11) is 0. The first-order chi connectivity index (χ1) is 16.1. The van der Waals surface area contributed by atoms with E-state index in [0.29, 0.717) is 21.6 Å². The second-order valence-corrected chi connectivity index (χ2v) is 10.5. The number of benzene rings is 1. The van der Waals surface area contributed by atoms with E-state index in [4.69, 9.17) is 9.97 Å². The molecule has 1 amide bonds. The minimum absolute atomic E-state index is 0.0130. The Morgan fingerprint density at radius 2 is 2.12 bits per heavy atom. The van der Waals surface area contributed by atoms with Crippen LogP contribution < -0.4 is 10.9 Å². The highest BCUT2D eigenvalue weighted by Crippen LogP contribution is 2.29. The molecular weight excluding hydrogens is 454 g/mol. The summed E-state index contributed by atoms with van der Waals surface area (Å²) in [5.41, 5.74) is 2.54. The number of nitrogens with zero attached hydrogens (tertiary/aromatic N) is 3. The van der Waals surface area contributed by atoms with Crippen molar-refractivity contribution in [3.05, 3.63) is 56.7 Å². The normalized spacial score (nSPS) is 14.8. The zero-order valence-electron chi connectivity index (χ0n) is 18.8. The molecule has 172 valence electrons. The number of fused-ring (bicyclic) bond motifs is 3. The van der Waals surface area contributed by atoms with Crippen molar-refractivity contribution >= 4 is 50.3 Å². The summed E-state index contributed by atoms with van der Waals surface area (Å²) in [6, 6.07) is 7.62. The lowest BCUT2D eigenvalue weighted by Crippen LogP contribution is -2.29. The fourth-order valence-corrected chi connectivity index (χ4v) is 6.07. The molecular formula is C24H27N5O2S2. The van der Waals surface area contributed by atoms with E-state index in [2.05, 4.69) is 16.6 Å². The molecule has 1 aliphatic rings. The maximum atomic E-state index is 13.4. The number of aryl methyl sites for hydroxylation is 2. The van der Waals surface area contributed by atoms with Crippen molar-refractivity contribution in [3.63, 3.8) is 0 Å². The monoisotopic (exact) mass is 481 g/mol. The lowest BCUT2D eigenvalue weighted by Gasteiger charge is -2.16. The first-order valence-electron chi connectivity index (χ1n) is 11.3. The van der Waals surface area contributed by atoms with E-state index in [0.717, 1.165) is 66.1 Å². The number of hydrogen-bond acceptors (Lipinski definition) is 6. The maximum absolute atomic E-state index is 13.4. The van der Waals surface area contributed by atoms with Crippen LogP contribution in [0.2, 0.25) is 0 Å². The number of thioether (sulfide) groups is 1. The zero-order valence-corrected chi connectivity index (χ0v) is 20.4. The van der Waals surface area contributed by atoms with Crippen molar-refractivity contribution in [3.8, 4) is 0 Å². The van der Waals surface area contributed by atoms with Crippen LogP contribution >= 0.6 is 23.1 Å². The fourth-order valence-electron chi connectivity index (χ4n) is 4.50. The van der Waals surface area contributed by atoms with Gasteiger partial charge in [-0.3, -0.25) is 14.2 Å². The SMILES string of the molecule is CSCCC(NC(=O)c1sc2nc3n(c(=O)c2c1C)CCCCC3)c1nc2ccccc2[nH]1. The van der Waals surface area contributed by atoms with E-state index in [9.17, 15) is 9.59 Å². The van der Waals surface area contributed by atoms with Crippen molar-refractivity contribution in [2.24, 2.45) is 0 Å². The molecule has 0 fully saturated rings. The number of carbonyl (C=O) groups excluding carboxylic acids is 1. The van der Waals surface area contributed by atoms with Crippen LogP contribution in [0, 0.1) is 6.92 Å². The van der Waals surface area contributed by atoms with Crippen LogP contribution in [0.5, 0.6) is 0 Å². The molecule has 0 spiro atoms. The van der Waals surface area contributed by atoms with Gasteiger partial charge in [-0.15, -0.1) is 11.3 Å². The van der Waals surface area contributed by atoms with E-state index in [-0.39, 0.29) is 17.5 Å². The second-order valence-electron chi connectivity index (χ2n) is 8.48. The third-order valence-corrected chi connectivity index (χ3v) is 8.10. The molecule has 0 saturated carbocycles. The highest BCUT2D eigenvalue weighted by molar-refractivity contribution is 7.98. The third-order valence-electron chi connectivity index (χ3n) is 6.27. The van der Waals surface area contributed by atoms with Gasteiger partial charge in [0.25, 0.3) is 11.5 Å². The molecule has 0 bridgehead atoms. The fraction of sp³-hybridized carbons (Fsp3) is 0.417. The molecule has 9 heteroatoms. The van der Waals surface area contributed by atoms with Crippen LogP contribution in [0.1, 0.15) is 58.6 Å². The Morgan fingerprint density at radius 1 is 1.27 bits per heavy atom. The highest BCUT2D eigenvalue weighted by atomic mass is 32.2. The molecule has 1 atom stereocenters. The second kappa shape index (κ2) is 9.30. The number of aromatic amines is 1. The summed E-state index contributed by atoms with van der Waals surface area (Å²) in [5, 5.41) is 3.76. The van der Waals surface area contributed by atoms with Gasteiger partial charge in [-0.05, 0) is 55.9 Å². The van der Waals surface area contributed by atoms with Crippen molar-refractivity contribution in [1.82, 2.24) is 24.8 Å². The Balaban J connectivity index is 1.49. The molecule has 1 aliphatic heterocycles. The number of H-pyrrole nitrogens is 1. The summed E-state index contributed by atoms with van der Waals surface area (Å²) in [5.74, 6) is 2.31. The number of aromatic nitrogens is 4. The van der Waals surface area contributed by atoms with E-state index >= 15 is 0 Å². The summed E-state index contributed by atoms with van der Waals surface area (Å²) in [6.07, 6.45) is 6.77. The number of rotatable bonds is 6. The summed E-state index contributed by atoms with van der Waals surface area (Å²) in [4.78, 5) is 40.7. The quantitative estimate of drug-likeness (QED) is 0.420. The number of hydrogen-bond donors (Lipinski definition) is 2. The van der Waals surface area contributed by atoms with Crippen molar-refractivity contribution in [2.75, 3.05) is 12.0 Å². The molecule has 0 saturated heterocycles. The van der Waals surface area contributed by atoms with Gasteiger partial charge in [0.1, 0.15) is 16.5 Å². The van der Waals surface area contributed by atoms with Crippen LogP contribution in [0.25, 0.3) is 21.3 Å². The average Bonchev–Trinajstić information content (AvgIpc) is 3.29. The molecule has 4 aromatic rings. The molecule has 1 unspecified atom stereocenters. The zero-order chi connectivity index (χ0) is 22.9. The highest BCUT2D eigenvalue weighted by Gasteiger charge is 2.25. The van der Waals surface area contributed by atoms with Gasteiger partial charge in [-0.1, -0.05) is 18.6 Å². The summed E-state index contributed by atoms with van der Waals surface area (Å²) >= 11 is 3.05. The van der Waals surface area contributed by atoms with Gasteiger partial charge >= 0.3 is 0 Å². The van der Waals surface area contributed by atoms with Crippen molar-refractivity contribution in [1.29, 1.82) is 0 Å². The van der Waals surface area contributed by atoms with E-state index in [1.165, 1.54) is 11.3 Å². The standard InChI is InChI=1S/C24H27N5O2S2/c1-14-19-23(28-18-10-4-3-7-12-29(18)24(19)31)33-20(14)22(30)27-17(11-13-32-2)21-25-15-8-5-6-9-16(15)26-21/h5-6,8-9,17H,3-4,7,10-13H2,1-2H3,(H,25,26)(H,27,30). The Bertz CT molecular complexity index is 1350. The van der Waals surface area contributed by atoms with Crippen LogP contribution in [0.4, 0.5) is 0 Å². The van der Waals surface area contributed by atoms with Gasteiger partial charge in [-0.2, -0.15) is 11.8 Å². The molecule has 5 rings (SSSR count). The topological polar surface area (TPSA) is 92.7 Å². The Kier molecular flexibility index (Phi) is 6.25. The van der Waals surface area contributed by atoms with Gasteiger partial charge in [0.15, 0.2) is 0 Å². The van der Waals surface area contributed by atoms with Gasteiger partial charge in [0, 0.05) is 13.0 Å². The van der Waals surface area contributed by atoms with E-state index < -0.39 is 0 Å².